The van der Waals surface area contributed by atoms with Gasteiger partial charge in [-0.3, -0.25) is 0 Å². The molecule has 0 aromatic heterocycles. The van der Waals surface area contributed by atoms with Gasteiger partial charge in [-0.1, -0.05) is 190 Å². The fourth-order valence-electron chi connectivity index (χ4n) is 14.2. The van der Waals surface area contributed by atoms with Crippen molar-refractivity contribution in [1.29, 1.82) is 0 Å². The van der Waals surface area contributed by atoms with Gasteiger partial charge in [0.1, 0.15) is 0 Å². The number of benzene rings is 16. The van der Waals surface area contributed by atoms with Crippen LogP contribution in [0, 0.1) is 0 Å². The van der Waals surface area contributed by atoms with Gasteiger partial charge in [0.15, 0.2) is 0 Å². The van der Waals surface area contributed by atoms with Gasteiger partial charge in [-0.25, -0.2) is 0 Å². The van der Waals surface area contributed by atoms with Crippen LogP contribution in [0.25, 0.3) is 97.3 Å². The van der Waals surface area contributed by atoms with Crippen LogP contribution in [0.5, 0.6) is 0 Å². The van der Waals surface area contributed by atoms with Crippen LogP contribution in [-0.4, -0.2) is 0 Å². The van der Waals surface area contributed by atoms with Gasteiger partial charge < -0.3 is 14.7 Å². The van der Waals surface area contributed by atoms with Crippen LogP contribution in [0.15, 0.2) is 309 Å². The number of rotatable bonds is 9. The zero-order chi connectivity index (χ0) is 57.0. The first kappa shape index (κ1) is 49.6. The molecule has 0 bridgehead atoms. The van der Waals surface area contributed by atoms with E-state index in [1.165, 1.54) is 92.3 Å². The van der Waals surface area contributed by atoms with Crippen molar-refractivity contribution in [3.63, 3.8) is 0 Å². The lowest BCUT2D eigenvalue weighted by atomic mass is 9.81. The minimum absolute atomic E-state index is 0.398. The molecule has 3 nitrogen and oxygen atoms in total. The van der Waals surface area contributed by atoms with E-state index in [9.17, 15) is 0 Å². The van der Waals surface area contributed by atoms with Gasteiger partial charge in [0.05, 0.1) is 11.4 Å². The molecule has 0 spiro atoms. The molecule has 16 aromatic rings. The normalized spacial score (nSPS) is 12.6. The van der Waals surface area contributed by atoms with Crippen LogP contribution in [-0.2, 0) is 5.41 Å². The van der Waals surface area contributed by atoms with Crippen molar-refractivity contribution >= 4 is 137 Å². The summed E-state index contributed by atoms with van der Waals surface area (Å²) >= 11 is 0. The molecule has 0 amide bonds. The van der Waals surface area contributed by atoms with Gasteiger partial charge >= 0.3 is 0 Å². The molecule has 404 valence electrons. The maximum absolute atomic E-state index is 2.57. The highest BCUT2D eigenvalue weighted by molar-refractivity contribution is 6.25. The van der Waals surface area contributed by atoms with E-state index < -0.39 is 5.41 Å². The number of fused-ring (bicyclic) bond motifs is 11. The van der Waals surface area contributed by atoms with Gasteiger partial charge in [0.25, 0.3) is 0 Å². The van der Waals surface area contributed by atoms with Gasteiger partial charge in [0, 0.05) is 66.8 Å². The molecule has 1 aliphatic carbocycles. The second kappa shape index (κ2) is 19.6. The highest BCUT2D eigenvalue weighted by Crippen LogP contribution is 2.57. The summed E-state index contributed by atoms with van der Waals surface area (Å²) in [5, 5.41) is 19.3. The maximum atomic E-state index is 2.57. The topological polar surface area (TPSA) is 9.72 Å². The van der Waals surface area contributed by atoms with Crippen LogP contribution >= 0.6 is 0 Å². The van der Waals surface area contributed by atoms with Crippen molar-refractivity contribution in [3.8, 4) is 11.1 Å². The van der Waals surface area contributed by atoms with E-state index in [-0.39, 0.29) is 0 Å². The number of nitrogens with zero attached hydrogens (tertiary/aromatic N) is 3. The molecule has 1 aliphatic rings. The van der Waals surface area contributed by atoms with E-state index >= 15 is 0 Å². The first-order chi connectivity index (χ1) is 42.4. The summed E-state index contributed by atoms with van der Waals surface area (Å²) < 4.78 is 0. The van der Waals surface area contributed by atoms with Gasteiger partial charge in [-0.05, 0) is 220 Å². The SMILES string of the molecule is CC1(C)c2cc(N(c3ccccc3)c3ccc4cc5ccccc5cc4c3)ccc2-c2cc3c(N(c4ccccc4)c4ccc5cc6ccccc6cc5c4)c4ccccc4c(N(c4ccccc4)c4ccc5cc6ccccc6cc5c4)c3cc21. The van der Waals surface area contributed by atoms with E-state index in [2.05, 4.69) is 338 Å². The number of para-hydroxylation sites is 3. The summed E-state index contributed by atoms with van der Waals surface area (Å²) in [4.78, 5) is 7.49. The minimum atomic E-state index is -0.398. The average molecular weight is 1100 g/mol. The number of hydrogen-bond donors (Lipinski definition) is 0. The molecule has 0 N–H and O–H groups in total. The smallest absolute Gasteiger partial charge is 0.0620 e. The van der Waals surface area contributed by atoms with Gasteiger partial charge in [-0.15, -0.1) is 0 Å². The molecule has 86 heavy (non-hydrogen) atoms. The molecule has 0 atom stereocenters. The van der Waals surface area contributed by atoms with Crippen molar-refractivity contribution in [2.75, 3.05) is 14.7 Å². The molecule has 0 radical (unpaired) electrons. The van der Waals surface area contributed by atoms with Gasteiger partial charge in [-0.2, -0.15) is 0 Å². The van der Waals surface area contributed by atoms with Crippen LogP contribution < -0.4 is 14.7 Å². The van der Waals surface area contributed by atoms with Crippen molar-refractivity contribution in [1.82, 2.24) is 0 Å². The Kier molecular flexibility index (Phi) is 11.3. The summed E-state index contributed by atoms with van der Waals surface area (Å²) in [6.45, 7) is 4.86. The second-order valence-electron chi connectivity index (χ2n) is 23.7. The summed E-state index contributed by atoms with van der Waals surface area (Å²) in [7, 11) is 0. The molecular weight excluding hydrogens is 1040 g/mol. The summed E-state index contributed by atoms with van der Waals surface area (Å²) in [5.41, 5.74) is 14.7. The highest BCUT2D eigenvalue weighted by atomic mass is 15.2. The first-order valence-electron chi connectivity index (χ1n) is 29.9. The van der Waals surface area contributed by atoms with Crippen molar-refractivity contribution in [2.24, 2.45) is 0 Å². The van der Waals surface area contributed by atoms with E-state index in [0.29, 0.717) is 0 Å². The first-order valence-corrected chi connectivity index (χ1v) is 29.9. The molecule has 0 saturated heterocycles. The Morgan fingerprint density at radius 1 is 0.198 bits per heavy atom. The number of hydrogen-bond acceptors (Lipinski definition) is 3. The summed E-state index contributed by atoms with van der Waals surface area (Å²) in [6.07, 6.45) is 0. The standard InChI is InChI=1S/C83H57N3/c1-83(2)79-51-72(84(66-26-6-3-7-27-66)69-37-34-60-42-54-20-12-15-23-57(54)45-63(60)48-69)40-41-73(79)76-52-77-78(53-80(76)83)82(86(68-30-10-5-11-31-68)71-39-36-62-44-56-22-14-17-25-59(56)47-65(62)50-71)75-33-19-18-32-74(75)81(77)85(67-28-8-4-9-29-67)70-38-35-61-43-55-21-13-16-24-58(55)46-64(61)49-70/h3-53H,1-2H3. The van der Waals surface area contributed by atoms with E-state index in [1.54, 1.807) is 0 Å². The second-order valence-corrected chi connectivity index (χ2v) is 23.7. The summed E-state index contributed by atoms with van der Waals surface area (Å²) in [5.74, 6) is 0. The Bertz CT molecular complexity index is 5400. The zero-order valence-electron chi connectivity index (χ0n) is 47.8. The molecule has 3 heteroatoms. The maximum Gasteiger partial charge on any atom is 0.0620 e. The van der Waals surface area contributed by atoms with E-state index in [1.807, 2.05) is 0 Å². The Labute approximate surface area is 500 Å². The Morgan fingerprint density at radius 2 is 0.500 bits per heavy atom. The fraction of sp³-hybridized carbons (Fsp3) is 0.0361. The average Bonchev–Trinajstić information content (AvgIpc) is 1.81. The predicted octanol–water partition coefficient (Wildman–Crippen LogP) is 23.6. The summed E-state index contributed by atoms with van der Waals surface area (Å²) in [6, 6.07) is 115. The largest absolute Gasteiger partial charge is 0.310 e. The third-order valence-corrected chi connectivity index (χ3v) is 18.3. The molecule has 0 heterocycles. The Hall–Kier alpha value is -11.0. The van der Waals surface area contributed by atoms with Crippen LogP contribution in [0.4, 0.5) is 51.2 Å². The molecule has 0 fully saturated rings. The van der Waals surface area contributed by atoms with Crippen molar-refractivity contribution < 1.29 is 0 Å². The fourth-order valence-corrected chi connectivity index (χ4v) is 14.2. The van der Waals surface area contributed by atoms with E-state index in [0.717, 1.165) is 67.3 Å². The molecule has 0 unspecified atom stereocenters. The van der Waals surface area contributed by atoms with Crippen LogP contribution in [0.1, 0.15) is 25.0 Å². The number of anilines is 9. The molecule has 17 rings (SSSR count). The minimum Gasteiger partial charge on any atom is -0.310 e. The predicted molar refractivity (Wildman–Crippen MR) is 368 cm³/mol. The molecule has 0 aliphatic heterocycles. The molecular formula is C83H57N3. The lowest BCUT2D eigenvalue weighted by Gasteiger charge is -2.33. The van der Waals surface area contributed by atoms with Crippen LogP contribution in [0.3, 0.4) is 0 Å². The van der Waals surface area contributed by atoms with Crippen molar-refractivity contribution in [2.45, 2.75) is 19.3 Å². The van der Waals surface area contributed by atoms with Crippen LogP contribution in [0.2, 0.25) is 0 Å². The molecule has 16 aromatic carbocycles. The van der Waals surface area contributed by atoms with Crippen molar-refractivity contribution in [3.05, 3.63) is 321 Å². The lowest BCUT2D eigenvalue weighted by molar-refractivity contribution is 0.661. The lowest BCUT2D eigenvalue weighted by Crippen LogP contribution is -2.17. The highest BCUT2D eigenvalue weighted by Gasteiger charge is 2.38. The Morgan fingerprint density at radius 3 is 0.919 bits per heavy atom. The third kappa shape index (κ3) is 8.04. The zero-order valence-corrected chi connectivity index (χ0v) is 47.8. The van der Waals surface area contributed by atoms with E-state index in [4.69, 9.17) is 0 Å². The third-order valence-electron chi connectivity index (χ3n) is 18.3. The quantitative estimate of drug-likeness (QED) is 0.105. The monoisotopic (exact) mass is 1100 g/mol. The molecule has 0 saturated carbocycles. The van der Waals surface area contributed by atoms with Gasteiger partial charge in [0.2, 0.25) is 0 Å². The Balaban J connectivity index is 0.937.